The van der Waals surface area contributed by atoms with Crippen molar-refractivity contribution in [2.24, 2.45) is 0 Å². The molecule has 0 aliphatic heterocycles. The van der Waals surface area contributed by atoms with Crippen molar-refractivity contribution in [1.82, 2.24) is 4.98 Å². The zero-order valence-corrected chi connectivity index (χ0v) is 14.7. The fourth-order valence-corrected chi connectivity index (χ4v) is 3.03. The molecule has 0 aliphatic carbocycles. The highest BCUT2D eigenvalue weighted by molar-refractivity contribution is 5.81. The zero-order valence-electron chi connectivity index (χ0n) is 14.7. The molecule has 3 aromatic rings. The SMILES string of the molecule is O=C(O)CCCCCc1cccc(OCc2cccc3ncccc23)c1. The maximum atomic E-state index is 10.5. The summed E-state index contributed by atoms with van der Waals surface area (Å²) in [5.41, 5.74) is 3.32. The highest BCUT2D eigenvalue weighted by Crippen LogP contribution is 2.21. The molecular weight excluding hydrogens is 326 g/mol. The zero-order chi connectivity index (χ0) is 18.2. The molecule has 0 amide bonds. The molecule has 3 rings (SSSR count). The minimum Gasteiger partial charge on any atom is -0.489 e. The van der Waals surface area contributed by atoms with Crippen molar-refractivity contribution in [3.63, 3.8) is 0 Å². The number of unbranched alkanes of at least 4 members (excludes halogenated alkanes) is 2. The summed E-state index contributed by atoms with van der Waals surface area (Å²) in [4.78, 5) is 14.9. The third kappa shape index (κ3) is 5.06. The van der Waals surface area contributed by atoms with Crippen LogP contribution in [0.3, 0.4) is 0 Å². The van der Waals surface area contributed by atoms with E-state index in [2.05, 4.69) is 29.2 Å². The van der Waals surface area contributed by atoms with Crippen molar-refractivity contribution in [1.29, 1.82) is 0 Å². The number of pyridine rings is 1. The summed E-state index contributed by atoms with van der Waals surface area (Å²) in [6.07, 6.45) is 5.65. The molecule has 0 saturated carbocycles. The van der Waals surface area contributed by atoms with Crippen molar-refractivity contribution in [3.05, 3.63) is 71.9 Å². The van der Waals surface area contributed by atoms with Gasteiger partial charge in [-0.25, -0.2) is 0 Å². The van der Waals surface area contributed by atoms with E-state index in [1.54, 1.807) is 6.20 Å². The van der Waals surface area contributed by atoms with Crippen LogP contribution in [0, 0.1) is 0 Å². The molecule has 0 unspecified atom stereocenters. The van der Waals surface area contributed by atoms with Gasteiger partial charge in [-0.3, -0.25) is 9.78 Å². The summed E-state index contributed by atoms with van der Waals surface area (Å²) < 4.78 is 5.99. The predicted molar refractivity (Wildman–Crippen MR) is 102 cm³/mol. The highest BCUT2D eigenvalue weighted by atomic mass is 16.5. The number of fused-ring (bicyclic) bond motifs is 1. The molecule has 0 fully saturated rings. The number of carboxylic acids is 1. The van der Waals surface area contributed by atoms with Crippen molar-refractivity contribution < 1.29 is 14.6 Å². The molecule has 4 nitrogen and oxygen atoms in total. The Labute approximate surface area is 153 Å². The van der Waals surface area contributed by atoms with Crippen LogP contribution >= 0.6 is 0 Å². The Morgan fingerprint density at radius 1 is 1.00 bits per heavy atom. The molecule has 0 bridgehead atoms. The Hall–Kier alpha value is -2.88. The van der Waals surface area contributed by atoms with E-state index in [4.69, 9.17) is 9.84 Å². The number of ether oxygens (including phenoxy) is 1. The molecule has 0 radical (unpaired) electrons. The Morgan fingerprint density at radius 3 is 2.77 bits per heavy atom. The maximum absolute atomic E-state index is 10.5. The average Bonchev–Trinajstić information content (AvgIpc) is 2.66. The number of aromatic nitrogens is 1. The molecule has 1 aromatic heterocycles. The summed E-state index contributed by atoms with van der Waals surface area (Å²) in [7, 11) is 0. The lowest BCUT2D eigenvalue weighted by Gasteiger charge is -2.10. The monoisotopic (exact) mass is 349 g/mol. The van der Waals surface area contributed by atoms with Gasteiger partial charge in [0, 0.05) is 18.0 Å². The van der Waals surface area contributed by atoms with Gasteiger partial charge in [0.25, 0.3) is 0 Å². The van der Waals surface area contributed by atoms with E-state index in [9.17, 15) is 4.79 Å². The Bertz CT molecular complexity index is 871. The molecule has 1 N–H and O–H groups in total. The van der Waals surface area contributed by atoms with Gasteiger partial charge < -0.3 is 9.84 Å². The van der Waals surface area contributed by atoms with Crippen LogP contribution in [0.2, 0.25) is 0 Å². The molecule has 4 heteroatoms. The fourth-order valence-electron chi connectivity index (χ4n) is 3.03. The summed E-state index contributed by atoms with van der Waals surface area (Å²) in [5, 5.41) is 9.78. The van der Waals surface area contributed by atoms with E-state index in [0.29, 0.717) is 6.61 Å². The lowest BCUT2D eigenvalue weighted by atomic mass is 10.1. The van der Waals surface area contributed by atoms with E-state index < -0.39 is 5.97 Å². The van der Waals surface area contributed by atoms with Crippen LogP contribution < -0.4 is 4.74 Å². The average molecular weight is 349 g/mol. The molecule has 134 valence electrons. The first kappa shape index (κ1) is 17.9. The highest BCUT2D eigenvalue weighted by Gasteiger charge is 2.03. The van der Waals surface area contributed by atoms with E-state index >= 15 is 0 Å². The number of carbonyl (C=O) groups is 1. The first-order chi connectivity index (χ1) is 12.7. The number of benzene rings is 2. The van der Waals surface area contributed by atoms with Gasteiger partial charge in [-0.05, 0) is 54.7 Å². The first-order valence-electron chi connectivity index (χ1n) is 8.98. The molecule has 1 heterocycles. The molecule has 0 aliphatic rings. The van der Waals surface area contributed by atoms with Crippen LogP contribution in [-0.2, 0) is 17.8 Å². The largest absolute Gasteiger partial charge is 0.489 e. The number of carboxylic acid groups (broad SMARTS) is 1. The van der Waals surface area contributed by atoms with Gasteiger partial charge in [0.15, 0.2) is 0 Å². The van der Waals surface area contributed by atoms with E-state index in [0.717, 1.165) is 47.9 Å². The van der Waals surface area contributed by atoms with Gasteiger partial charge in [-0.1, -0.05) is 36.8 Å². The van der Waals surface area contributed by atoms with Crippen LogP contribution in [0.5, 0.6) is 5.75 Å². The number of nitrogens with zero attached hydrogens (tertiary/aromatic N) is 1. The van der Waals surface area contributed by atoms with Gasteiger partial charge >= 0.3 is 5.97 Å². The number of aryl methyl sites for hydroxylation is 1. The molecule has 26 heavy (non-hydrogen) atoms. The normalized spacial score (nSPS) is 10.8. The van der Waals surface area contributed by atoms with Crippen molar-refractivity contribution in [3.8, 4) is 5.75 Å². The predicted octanol–water partition coefficient (Wildman–Crippen LogP) is 5.00. The van der Waals surface area contributed by atoms with Crippen molar-refractivity contribution in [2.75, 3.05) is 0 Å². The van der Waals surface area contributed by atoms with Gasteiger partial charge in [0.2, 0.25) is 0 Å². The fraction of sp³-hybridized carbons (Fsp3) is 0.273. The van der Waals surface area contributed by atoms with Gasteiger partial charge in [0.1, 0.15) is 12.4 Å². The number of hydrogen-bond donors (Lipinski definition) is 1. The summed E-state index contributed by atoms with van der Waals surface area (Å²) >= 11 is 0. The molecule has 0 spiro atoms. The van der Waals surface area contributed by atoms with Gasteiger partial charge in [-0.15, -0.1) is 0 Å². The molecule has 0 atom stereocenters. The Balaban J connectivity index is 1.56. The minimum absolute atomic E-state index is 0.253. The van der Waals surface area contributed by atoms with Crippen LogP contribution in [-0.4, -0.2) is 16.1 Å². The van der Waals surface area contributed by atoms with Crippen LogP contribution in [0.25, 0.3) is 10.9 Å². The maximum Gasteiger partial charge on any atom is 0.303 e. The standard InChI is InChI=1S/C22H23NO3/c24-22(25)13-3-1-2-7-17-8-4-10-19(15-17)26-16-18-9-5-12-21-20(18)11-6-14-23-21/h4-6,8-12,14-15H,1-3,7,13,16H2,(H,24,25). The summed E-state index contributed by atoms with van der Waals surface area (Å²) in [6, 6.07) is 18.2. The summed E-state index contributed by atoms with van der Waals surface area (Å²) in [5.74, 6) is 0.137. The second kappa shape index (κ2) is 8.99. The molecule has 0 saturated heterocycles. The third-order valence-corrected chi connectivity index (χ3v) is 4.38. The lowest BCUT2D eigenvalue weighted by Crippen LogP contribution is -1.98. The van der Waals surface area contributed by atoms with E-state index in [-0.39, 0.29) is 6.42 Å². The van der Waals surface area contributed by atoms with Crippen LogP contribution in [0.15, 0.2) is 60.8 Å². The van der Waals surface area contributed by atoms with Crippen LogP contribution in [0.1, 0.15) is 36.8 Å². The van der Waals surface area contributed by atoms with Gasteiger partial charge in [-0.2, -0.15) is 0 Å². The smallest absolute Gasteiger partial charge is 0.303 e. The minimum atomic E-state index is -0.718. The lowest BCUT2D eigenvalue weighted by molar-refractivity contribution is -0.137. The van der Waals surface area contributed by atoms with E-state index in [1.165, 1.54) is 5.56 Å². The topological polar surface area (TPSA) is 59.4 Å². The van der Waals surface area contributed by atoms with Crippen molar-refractivity contribution in [2.45, 2.75) is 38.7 Å². The number of rotatable bonds is 9. The quantitative estimate of drug-likeness (QED) is 0.552. The molecule has 2 aromatic carbocycles. The van der Waals surface area contributed by atoms with Gasteiger partial charge in [0.05, 0.1) is 5.52 Å². The van der Waals surface area contributed by atoms with Crippen LogP contribution in [0.4, 0.5) is 0 Å². The number of aliphatic carboxylic acids is 1. The second-order valence-electron chi connectivity index (χ2n) is 6.38. The first-order valence-corrected chi connectivity index (χ1v) is 8.98. The third-order valence-electron chi connectivity index (χ3n) is 4.38. The second-order valence-corrected chi connectivity index (χ2v) is 6.38. The molecular formula is C22H23NO3. The number of hydrogen-bond acceptors (Lipinski definition) is 3. The Morgan fingerprint density at radius 2 is 1.88 bits per heavy atom. The Kier molecular flexibility index (Phi) is 6.20. The van der Waals surface area contributed by atoms with Crippen molar-refractivity contribution >= 4 is 16.9 Å². The summed E-state index contributed by atoms with van der Waals surface area (Å²) in [6.45, 7) is 0.505. The van der Waals surface area contributed by atoms with E-state index in [1.807, 2.05) is 30.3 Å².